The smallest absolute Gasteiger partial charge is 0.240 e. The van der Waals surface area contributed by atoms with E-state index in [0.717, 1.165) is 12.1 Å². The molecular weight excluding hydrogens is 280 g/mol. The van der Waals surface area contributed by atoms with Crippen molar-refractivity contribution in [2.24, 2.45) is 5.73 Å². The first-order chi connectivity index (χ1) is 9.92. The van der Waals surface area contributed by atoms with Gasteiger partial charge in [-0.3, -0.25) is 9.59 Å². The molecule has 0 saturated carbocycles. The molecule has 0 spiro atoms. The Morgan fingerprint density at radius 1 is 1.29 bits per heavy atom. The van der Waals surface area contributed by atoms with E-state index in [1.165, 1.54) is 0 Å². The van der Waals surface area contributed by atoms with Gasteiger partial charge in [0, 0.05) is 12.5 Å². The number of amides is 2. The number of rotatable bonds is 7. The predicted molar refractivity (Wildman–Crippen MR) is 70.7 cm³/mol. The molecule has 2 amide bonds. The van der Waals surface area contributed by atoms with Crippen LogP contribution in [0, 0.1) is 23.0 Å². The molecule has 0 aliphatic carbocycles. The Bertz CT molecular complexity index is 550. The zero-order valence-electron chi connectivity index (χ0n) is 11.2. The number of halogens is 2. The fourth-order valence-electron chi connectivity index (χ4n) is 1.81. The summed E-state index contributed by atoms with van der Waals surface area (Å²) in [7, 11) is 0. The highest BCUT2D eigenvalue weighted by atomic mass is 19.1. The SMILES string of the molecule is N#CCCC[C@@H](NC(=O)Cc1cc(F)cc(F)c1)C(N)=O. The van der Waals surface area contributed by atoms with Crippen molar-refractivity contribution in [2.45, 2.75) is 31.7 Å². The van der Waals surface area contributed by atoms with Crippen molar-refractivity contribution < 1.29 is 18.4 Å². The molecule has 0 bridgehead atoms. The van der Waals surface area contributed by atoms with Gasteiger partial charge < -0.3 is 11.1 Å². The molecule has 1 atom stereocenters. The predicted octanol–water partition coefficient (Wildman–Crippen LogP) is 1.17. The van der Waals surface area contributed by atoms with Gasteiger partial charge in [0.25, 0.3) is 0 Å². The molecule has 0 aromatic heterocycles. The lowest BCUT2D eigenvalue weighted by molar-refractivity contribution is -0.127. The molecule has 21 heavy (non-hydrogen) atoms. The van der Waals surface area contributed by atoms with Crippen molar-refractivity contribution in [2.75, 3.05) is 0 Å². The largest absolute Gasteiger partial charge is 0.368 e. The standard InChI is InChI=1S/C14H15F2N3O2/c15-10-5-9(6-11(16)8-10)7-13(20)19-12(14(18)21)3-1-2-4-17/h5-6,8,12H,1-3,7H2,(H2,18,21)(H,19,20)/t12-/m1/s1. The fourth-order valence-corrected chi connectivity index (χ4v) is 1.81. The Hall–Kier alpha value is -2.49. The molecule has 112 valence electrons. The lowest BCUT2D eigenvalue weighted by Gasteiger charge is -2.14. The van der Waals surface area contributed by atoms with Crippen LogP contribution in [0.3, 0.4) is 0 Å². The molecule has 1 rings (SSSR count). The average Bonchev–Trinajstić information content (AvgIpc) is 2.36. The third-order valence-corrected chi connectivity index (χ3v) is 2.75. The summed E-state index contributed by atoms with van der Waals surface area (Å²) < 4.78 is 26.0. The second kappa shape index (κ2) is 7.94. The molecule has 0 heterocycles. The zero-order chi connectivity index (χ0) is 15.8. The first-order valence-corrected chi connectivity index (χ1v) is 6.33. The van der Waals surface area contributed by atoms with Crippen molar-refractivity contribution in [1.29, 1.82) is 5.26 Å². The maximum absolute atomic E-state index is 13.0. The molecule has 0 saturated heterocycles. The molecule has 0 unspecified atom stereocenters. The molecule has 7 heteroatoms. The van der Waals surface area contributed by atoms with Crippen molar-refractivity contribution in [3.63, 3.8) is 0 Å². The van der Waals surface area contributed by atoms with E-state index in [1.807, 2.05) is 6.07 Å². The van der Waals surface area contributed by atoms with Crippen LogP contribution in [0.15, 0.2) is 18.2 Å². The Labute approximate surface area is 120 Å². The minimum Gasteiger partial charge on any atom is -0.368 e. The van der Waals surface area contributed by atoms with Crippen LogP contribution in [0.1, 0.15) is 24.8 Å². The van der Waals surface area contributed by atoms with E-state index in [-0.39, 0.29) is 24.8 Å². The molecule has 0 aliphatic rings. The number of nitrogens with zero attached hydrogens (tertiary/aromatic N) is 1. The molecule has 3 N–H and O–H groups in total. The van der Waals surface area contributed by atoms with Gasteiger partial charge in [0.1, 0.15) is 17.7 Å². The lowest BCUT2D eigenvalue weighted by atomic mass is 10.1. The summed E-state index contributed by atoms with van der Waals surface area (Å²) in [5.74, 6) is -2.84. The number of primary amides is 1. The maximum Gasteiger partial charge on any atom is 0.240 e. The van der Waals surface area contributed by atoms with E-state index in [9.17, 15) is 18.4 Å². The van der Waals surface area contributed by atoms with Crippen LogP contribution in [-0.2, 0) is 16.0 Å². The number of unbranched alkanes of at least 4 members (excludes halogenated alkanes) is 1. The van der Waals surface area contributed by atoms with E-state index in [0.29, 0.717) is 12.5 Å². The highest BCUT2D eigenvalue weighted by Crippen LogP contribution is 2.09. The monoisotopic (exact) mass is 295 g/mol. The van der Waals surface area contributed by atoms with Gasteiger partial charge in [-0.1, -0.05) is 0 Å². The van der Waals surface area contributed by atoms with Gasteiger partial charge in [0.05, 0.1) is 12.5 Å². The minimum absolute atomic E-state index is 0.158. The van der Waals surface area contributed by atoms with E-state index in [2.05, 4.69) is 5.32 Å². The van der Waals surface area contributed by atoms with Gasteiger partial charge in [0.15, 0.2) is 0 Å². The molecule has 1 aromatic rings. The number of carbonyl (C=O) groups is 2. The van der Waals surface area contributed by atoms with Crippen LogP contribution < -0.4 is 11.1 Å². The molecular formula is C14H15F2N3O2. The van der Waals surface area contributed by atoms with Crippen molar-refractivity contribution in [1.82, 2.24) is 5.32 Å². The Morgan fingerprint density at radius 2 is 1.90 bits per heavy atom. The Kier molecular flexibility index (Phi) is 6.27. The summed E-state index contributed by atoms with van der Waals surface area (Å²) >= 11 is 0. The normalized spacial score (nSPS) is 11.5. The Balaban J connectivity index is 2.61. The van der Waals surface area contributed by atoms with Gasteiger partial charge in [-0.05, 0) is 30.5 Å². The van der Waals surface area contributed by atoms with Crippen LogP contribution in [0.5, 0.6) is 0 Å². The molecule has 0 aliphatic heterocycles. The minimum atomic E-state index is -0.899. The molecule has 0 fully saturated rings. The lowest BCUT2D eigenvalue weighted by Crippen LogP contribution is -2.44. The molecule has 5 nitrogen and oxygen atoms in total. The van der Waals surface area contributed by atoms with Gasteiger partial charge in [-0.2, -0.15) is 5.26 Å². The maximum atomic E-state index is 13.0. The number of nitrogens with one attached hydrogen (secondary N) is 1. The first-order valence-electron chi connectivity index (χ1n) is 6.33. The highest BCUT2D eigenvalue weighted by molar-refractivity contribution is 5.87. The summed E-state index contributed by atoms with van der Waals surface area (Å²) in [5, 5.41) is 10.8. The first kappa shape index (κ1) is 16.6. The van der Waals surface area contributed by atoms with E-state index < -0.39 is 29.5 Å². The van der Waals surface area contributed by atoms with Crippen LogP contribution in [0.2, 0.25) is 0 Å². The number of carbonyl (C=O) groups excluding carboxylic acids is 2. The topological polar surface area (TPSA) is 96.0 Å². The van der Waals surface area contributed by atoms with Crippen molar-refractivity contribution in [3.8, 4) is 6.07 Å². The summed E-state index contributed by atoms with van der Waals surface area (Å²) in [6, 6.07) is 3.80. The summed E-state index contributed by atoms with van der Waals surface area (Å²) in [6.07, 6.45) is 0.636. The second-order valence-electron chi connectivity index (χ2n) is 4.53. The number of hydrogen-bond acceptors (Lipinski definition) is 3. The van der Waals surface area contributed by atoms with Crippen molar-refractivity contribution >= 4 is 11.8 Å². The highest BCUT2D eigenvalue weighted by Gasteiger charge is 2.18. The quantitative estimate of drug-likeness (QED) is 0.739. The van der Waals surface area contributed by atoms with Crippen LogP contribution in [0.4, 0.5) is 8.78 Å². The second-order valence-corrected chi connectivity index (χ2v) is 4.53. The number of hydrogen-bond donors (Lipinski definition) is 2. The molecule has 1 aromatic carbocycles. The van der Waals surface area contributed by atoms with Gasteiger partial charge in [0.2, 0.25) is 11.8 Å². The third-order valence-electron chi connectivity index (χ3n) is 2.75. The van der Waals surface area contributed by atoms with Gasteiger partial charge >= 0.3 is 0 Å². The van der Waals surface area contributed by atoms with E-state index >= 15 is 0 Å². The third kappa shape index (κ3) is 5.99. The van der Waals surface area contributed by atoms with Crippen LogP contribution in [0.25, 0.3) is 0 Å². The summed E-state index contributed by atoms with van der Waals surface area (Å²) in [5.41, 5.74) is 5.31. The zero-order valence-corrected chi connectivity index (χ0v) is 11.2. The average molecular weight is 295 g/mol. The summed E-state index contributed by atoms with van der Waals surface area (Å²) in [6.45, 7) is 0. The number of nitriles is 1. The van der Waals surface area contributed by atoms with Crippen LogP contribution >= 0.6 is 0 Å². The fraction of sp³-hybridized carbons (Fsp3) is 0.357. The Morgan fingerprint density at radius 3 is 2.43 bits per heavy atom. The number of nitrogens with two attached hydrogens (primary N) is 1. The summed E-state index contributed by atoms with van der Waals surface area (Å²) in [4.78, 5) is 22.9. The molecule has 0 radical (unpaired) electrons. The van der Waals surface area contributed by atoms with E-state index in [1.54, 1.807) is 0 Å². The van der Waals surface area contributed by atoms with Gasteiger partial charge in [-0.25, -0.2) is 8.78 Å². The van der Waals surface area contributed by atoms with Crippen molar-refractivity contribution in [3.05, 3.63) is 35.4 Å². The van der Waals surface area contributed by atoms with Crippen LogP contribution in [-0.4, -0.2) is 17.9 Å². The number of benzene rings is 1. The van der Waals surface area contributed by atoms with E-state index in [4.69, 9.17) is 11.0 Å². The van der Waals surface area contributed by atoms with Gasteiger partial charge in [-0.15, -0.1) is 0 Å².